The van der Waals surface area contributed by atoms with Gasteiger partial charge in [0.2, 0.25) is 0 Å². The fourth-order valence-corrected chi connectivity index (χ4v) is 1.45. The Balaban J connectivity index is 3.12. The van der Waals surface area contributed by atoms with Crippen LogP contribution in [0.5, 0.6) is 0 Å². The molecule has 1 aromatic rings. The summed E-state index contributed by atoms with van der Waals surface area (Å²) in [7, 11) is 0. The van der Waals surface area contributed by atoms with Crippen LogP contribution in [0.2, 0.25) is 0 Å². The van der Waals surface area contributed by atoms with Crippen LogP contribution >= 0.6 is 0 Å². The molecule has 0 saturated heterocycles. The summed E-state index contributed by atoms with van der Waals surface area (Å²) in [5.74, 6) is -3.95. The first-order valence-corrected chi connectivity index (χ1v) is 4.49. The number of halogens is 3. The number of benzene rings is 1. The minimum Gasteiger partial charge on any atom is -0.544 e. The Morgan fingerprint density at radius 2 is 1.75 bits per heavy atom. The summed E-state index contributed by atoms with van der Waals surface area (Å²) in [6, 6.07) is 4.96. The average molecular weight is 233 g/mol. The first-order valence-electron chi connectivity index (χ1n) is 4.49. The highest BCUT2D eigenvalue weighted by molar-refractivity contribution is 5.71. The van der Waals surface area contributed by atoms with Gasteiger partial charge in [-0.15, -0.1) is 0 Å². The first-order chi connectivity index (χ1) is 7.34. The number of rotatable bonds is 3. The van der Waals surface area contributed by atoms with E-state index in [1.165, 1.54) is 24.3 Å². The number of carboxylic acids is 1. The van der Waals surface area contributed by atoms with Crippen molar-refractivity contribution in [1.29, 1.82) is 0 Å². The lowest BCUT2D eigenvalue weighted by Crippen LogP contribution is -2.72. The normalized spacial score (nSPS) is 15.5. The molecule has 0 unspecified atom stereocenters. The predicted octanol–water partition coefficient (Wildman–Crippen LogP) is -0.307. The Labute approximate surface area is 89.7 Å². The minimum atomic E-state index is -4.66. The van der Waals surface area contributed by atoms with Gasteiger partial charge in [-0.2, -0.15) is 13.2 Å². The smallest absolute Gasteiger partial charge is 0.401 e. The molecule has 0 aromatic heterocycles. The second-order valence-corrected chi connectivity index (χ2v) is 3.36. The predicted molar refractivity (Wildman–Crippen MR) is 46.9 cm³/mol. The number of hydrogen-bond acceptors (Lipinski definition) is 2. The third-order valence-corrected chi connectivity index (χ3v) is 2.22. The highest BCUT2D eigenvalue weighted by atomic mass is 19.4. The van der Waals surface area contributed by atoms with E-state index in [1.54, 1.807) is 6.07 Å². The molecule has 88 valence electrons. The van der Waals surface area contributed by atoms with E-state index in [4.69, 9.17) is 0 Å². The zero-order valence-corrected chi connectivity index (χ0v) is 8.20. The van der Waals surface area contributed by atoms with E-state index in [2.05, 4.69) is 5.73 Å². The fourth-order valence-electron chi connectivity index (χ4n) is 1.45. The van der Waals surface area contributed by atoms with Gasteiger partial charge in [0.15, 0.2) is 0 Å². The van der Waals surface area contributed by atoms with Crippen LogP contribution in [0, 0.1) is 0 Å². The Hall–Kier alpha value is -1.56. The molecule has 3 nitrogen and oxygen atoms in total. The number of alkyl halides is 3. The number of carboxylic acid groups (broad SMARTS) is 1. The van der Waals surface area contributed by atoms with Gasteiger partial charge in [0.25, 0.3) is 0 Å². The quantitative estimate of drug-likeness (QED) is 0.778. The number of hydrogen-bond donors (Lipinski definition) is 1. The summed E-state index contributed by atoms with van der Waals surface area (Å²) in [6.45, 7) is 0. The molecule has 1 rings (SSSR count). The Morgan fingerprint density at radius 1 is 1.25 bits per heavy atom. The van der Waals surface area contributed by atoms with Crippen LogP contribution in [0.4, 0.5) is 13.2 Å². The molecule has 0 bridgehead atoms. The van der Waals surface area contributed by atoms with Gasteiger partial charge in [-0.3, -0.25) is 0 Å². The average Bonchev–Trinajstić information content (AvgIpc) is 2.17. The topological polar surface area (TPSA) is 67.8 Å². The van der Waals surface area contributed by atoms with Gasteiger partial charge in [0.05, 0.1) is 0 Å². The summed E-state index contributed by atoms with van der Waals surface area (Å²) in [5, 5.41) is 10.5. The molecule has 0 saturated carbocycles. The van der Waals surface area contributed by atoms with E-state index in [1.807, 2.05) is 0 Å². The number of quaternary nitrogens is 1. The van der Waals surface area contributed by atoms with Gasteiger partial charge < -0.3 is 15.6 Å². The van der Waals surface area contributed by atoms with E-state index in [-0.39, 0.29) is 5.56 Å². The van der Waals surface area contributed by atoms with Gasteiger partial charge >= 0.3 is 6.18 Å². The van der Waals surface area contributed by atoms with Crippen molar-refractivity contribution in [3.05, 3.63) is 35.9 Å². The third kappa shape index (κ3) is 2.73. The van der Waals surface area contributed by atoms with Crippen LogP contribution in [0.25, 0.3) is 0 Å². The molecule has 16 heavy (non-hydrogen) atoms. The monoisotopic (exact) mass is 233 g/mol. The van der Waals surface area contributed by atoms with Crippen molar-refractivity contribution < 1.29 is 28.8 Å². The Kier molecular flexibility index (Phi) is 3.54. The lowest BCUT2D eigenvalue weighted by molar-refractivity contribution is -0.453. The van der Waals surface area contributed by atoms with E-state index in [0.29, 0.717) is 0 Å². The van der Waals surface area contributed by atoms with E-state index >= 15 is 0 Å². The Bertz CT molecular complexity index is 364. The minimum absolute atomic E-state index is 0.126. The second kappa shape index (κ2) is 4.52. The van der Waals surface area contributed by atoms with Crippen LogP contribution in [0.1, 0.15) is 11.5 Å². The molecular weight excluding hydrogens is 223 g/mol. The zero-order valence-electron chi connectivity index (χ0n) is 8.20. The standard InChI is InChI=1S/C10H10F3NO2/c11-10(12,13)7(8(14)9(15)16)6-4-2-1-3-5-6/h1-5,7-8H,14H2,(H,15,16)/t7-,8+/m1/s1. The van der Waals surface area contributed by atoms with Gasteiger partial charge in [-0.25, -0.2) is 0 Å². The molecule has 0 radical (unpaired) electrons. The molecule has 1 aromatic carbocycles. The highest BCUT2D eigenvalue weighted by Crippen LogP contribution is 2.35. The summed E-state index contributed by atoms with van der Waals surface area (Å²) in [6.07, 6.45) is -4.66. The molecule has 2 atom stereocenters. The summed E-state index contributed by atoms with van der Waals surface area (Å²) < 4.78 is 38.1. The molecule has 6 heteroatoms. The van der Waals surface area contributed by atoms with E-state index < -0.39 is 24.1 Å². The van der Waals surface area contributed by atoms with E-state index in [0.717, 1.165) is 0 Å². The molecule has 0 fully saturated rings. The molecule has 0 heterocycles. The van der Waals surface area contributed by atoms with Gasteiger partial charge in [0, 0.05) is 0 Å². The molecule has 0 aliphatic rings. The summed E-state index contributed by atoms with van der Waals surface area (Å²) in [4.78, 5) is 10.5. The number of aliphatic carboxylic acids is 1. The van der Waals surface area contributed by atoms with E-state index in [9.17, 15) is 23.1 Å². The lowest BCUT2D eigenvalue weighted by atomic mass is 9.91. The maximum atomic E-state index is 12.7. The van der Waals surface area contributed by atoms with Crippen LogP contribution in [-0.2, 0) is 4.79 Å². The largest absolute Gasteiger partial charge is 0.544 e. The van der Waals surface area contributed by atoms with Crippen molar-refractivity contribution in [1.82, 2.24) is 0 Å². The van der Waals surface area contributed by atoms with Crippen molar-refractivity contribution in [2.75, 3.05) is 0 Å². The van der Waals surface area contributed by atoms with Crippen molar-refractivity contribution in [2.24, 2.45) is 0 Å². The fraction of sp³-hybridized carbons (Fsp3) is 0.300. The first kappa shape index (κ1) is 12.5. The maximum Gasteiger partial charge on any atom is 0.401 e. The van der Waals surface area contributed by atoms with Crippen LogP contribution in [-0.4, -0.2) is 18.2 Å². The number of carbonyl (C=O) groups is 1. The summed E-state index contributed by atoms with van der Waals surface area (Å²) >= 11 is 0. The molecule has 3 N–H and O–H groups in total. The van der Waals surface area contributed by atoms with Crippen molar-refractivity contribution in [2.45, 2.75) is 18.1 Å². The maximum absolute atomic E-state index is 12.7. The van der Waals surface area contributed by atoms with Gasteiger partial charge in [-0.1, -0.05) is 30.3 Å². The van der Waals surface area contributed by atoms with Gasteiger partial charge in [0.1, 0.15) is 17.9 Å². The van der Waals surface area contributed by atoms with Crippen molar-refractivity contribution >= 4 is 5.97 Å². The second-order valence-electron chi connectivity index (χ2n) is 3.36. The SMILES string of the molecule is [NH3+][C@H](C(=O)[O-])[C@@H](c1ccccc1)C(F)(F)F. The third-order valence-electron chi connectivity index (χ3n) is 2.22. The van der Waals surface area contributed by atoms with Crippen LogP contribution in [0.3, 0.4) is 0 Å². The Morgan fingerprint density at radius 3 is 2.12 bits per heavy atom. The van der Waals surface area contributed by atoms with Crippen LogP contribution < -0.4 is 10.8 Å². The van der Waals surface area contributed by atoms with Gasteiger partial charge in [-0.05, 0) is 5.56 Å². The molecule has 0 amide bonds. The zero-order chi connectivity index (χ0) is 12.3. The summed E-state index contributed by atoms with van der Waals surface area (Å²) in [5.41, 5.74) is 2.87. The molecule has 0 spiro atoms. The highest BCUT2D eigenvalue weighted by Gasteiger charge is 2.47. The lowest BCUT2D eigenvalue weighted by Gasteiger charge is -2.24. The van der Waals surface area contributed by atoms with Crippen LogP contribution in [0.15, 0.2) is 30.3 Å². The number of carbonyl (C=O) groups excluding carboxylic acids is 1. The van der Waals surface area contributed by atoms with Crippen molar-refractivity contribution in [3.63, 3.8) is 0 Å². The van der Waals surface area contributed by atoms with Crippen molar-refractivity contribution in [3.8, 4) is 0 Å². The molecule has 0 aliphatic carbocycles. The molecular formula is C10H10F3NO2. The molecule has 0 aliphatic heterocycles.